The Morgan fingerprint density at radius 3 is 2.91 bits per heavy atom. The van der Waals surface area contributed by atoms with E-state index in [1.165, 1.54) is 0 Å². The fraction of sp³-hybridized carbons (Fsp3) is 0.417. The lowest BCUT2D eigenvalue weighted by molar-refractivity contribution is -0.140. The van der Waals surface area contributed by atoms with Crippen LogP contribution in [0.2, 0.25) is 0 Å². The Hall–Kier alpha value is -3.26. The second kappa shape index (κ2) is 7.70. The molecule has 2 aliphatic heterocycles. The third-order valence-electron chi connectivity index (χ3n) is 6.72. The number of rotatable bonds is 3. The predicted octanol–water partition coefficient (Wildman–Crippen LogP) is 2.84. The quantitative estimate of drug-likeness (QED) is 0.341. The molecule has 166 valence electrons. The molecule has 3 aliphatic rings. The first-order valence-corrected chi connectivity index (χ1v) is 10.8. The highest BCUT2D eigenvalue weighted by Crippen LogP contribution is 2.49. The van der Waals surface area contributed by atoms with Gasteiger partial charge in [0.25, 0.3) is 5.56 Å². The van der Waals surface area contributed by atoms with Crippen LogP contribution in [-0.2, 0) is 19.0 Å². The van der Waals surface area contributed by atoms with Crippen LogP contribution < -0.4 is 5.56 Å². The van der Waals surface area contributed by atoms with Crippen molar-refractivity contribution in [2.24, 2.45) is 5.92 Å². The van der Waals surface area contributed by atoms with E-state index in [2.05, 4.69) is 22.9 Å². The molecule has 0 saturated carbocycles. The van der Waals surface area contributed by atoms with Gasteiger partial charge in [0.2, 0.25) is 0 Å². The SMILES string of the molecule is C=C1C(=O)O[C@H]2[C@H]1CC/C(COC(=O)c1n[nH]c(=O)c3ccccc13)=C\CC[C@@]1(C)O[C@@H]21. The number of allylic oxidation sites excluding steroid dienone is 1. The van der Waals surface area contributed by atoms with E-state index >= 15 is 0 Å². The molecule has 1 aliphatic carbocycles. The number of hydrogen-bond donors (Lipinski definition) is 1. The smallest absolute Gasteiger partial charge is 0.359 e. The van der Waals surface area contributed by atoms with E-state index in [0.29, 0.717) is 29.2 Å². The second-order valence-electron chi connectivity index (χ2n) is 8.82. The van der Waals surface area contributed by atoms with Crippen molar-refractivity contribution < 1.29 is 23.8 Å². The minimum Gasteiger partial charge on any atom is -0.456 e. The summed E-state index contributed by atoms with van der Waals surface area (Å²) in [6, 6.07) is 6.78. The van der Waals surface area contributed by atoms with Crippen molar-refractivity contribution in [1.29, 1.82) is 0 Å². The number of nitrogens with zero attached hydrogens (tertiary/aromatic N) is 1. The van der Waals surface area contributed by atoms with Crippen LogP contribution in [0.4, 0.5) is 0 Å². The highest BCUT2D eigenvalue weighted by molar-refractivity contribution is 6.02. The third kappa shape index (κ3) is 3.54. The monoisotopic (exact) mass is 436 g/mol. The Kier molecular flexibility index (Phi) is 4.97. The number of ether oxygens (including phenoxy) is 3. The number of nitrogens with one attached hydrogen (secondary N) is 1. The van der Waals surface area contributed by atoms with Gasteiger partial charge < -0.3 is 14.2 Å². The summed E-state index contributed by atoms with van der Waals surface area (Å²) in [7, 11) is 0. The van der Waals surface area contributed by atoms with Crippen molar-refractivity contribution in [1.82, 2.24) is 10.2 Å². The molecule has 1 aromatic carbocycles. The molecular formula is C24H24N2O6. The molecule has 4 atom stereocenters. The molecule has 5 rings (SSSR count). The lowest BCUT2D eigenvalue weighted by Crippen LogP contribution is -2.29. The predicted molar refractivity (Wildman–Crippen MR) is 115 cm³/mol. The molecule has 2 aromatic rings. The number of aromatic nitrogens is 2. The molecule has 0 amide bonds. The zero-order valence-electron chi connectivity index (χ0n) is 17.8. The van der Waals surface area contributed by atoms with Crippen molar-refractivity contribution >= 4 is 22.7 Å². The largest absolute Gasteiger partial charge is 0.456 e. The lowest BCUT2D eigenvalue weighted by atomic mass is 9.84. The van der Waals surface area contributed by atoms with E-state index in [4.69, 9.17) is 14.2 Å². The first kappa shape index (κ1) is 20.6. The summed E-state index contributed by atoms with van der Waals surface area (Å²) in [5, 5.41) is 7.09. The molecule has 8 nitrogen and oxygen atoms in total. The molecule has 32 heavy (non-hydrogen) atoms. The van der Waals surface area contributed by atoms with Crippen LogP contribution in [0, 0.1) is 5.92 Å². The summed E-state index contributed by atoms with van der Waals surface area (Å²) in [5.74, 6) is -1.07. The van der Waals surface area contributed by atoms with E-state index in [9.17, 15) is 14.4 Å². The molecule has 0 radical (unpaired) electrons. The molecule has 1 aromatic heterocycles. The number of epoxide rings is 1. The Balaban J connectivity index is 1.32. The summed E-state index contributed by atoms with van der Waals surface area (Å²) in [5.41, 5.74) is 0.840. The van der Waals surface area contributed by atoms with Crippen LogP contribution in [0.1, 0.15) is 43.1 Å². The molecule has 0 spiro atoms. The Morgan fingerprint density at radius 1 is 1.31 bits per heavy atom. The summed E-state index contributed by atoms with van der Waals surface area (Å²) in [6.07, 6.45) is 4.54. The van der Waals surface area contributed by atoms with Crippen molar-refractivity contribution in [2.45, 2.75) is 50.4 Å². The highest BCUT2D eigenvalue weighted by atomic mass is 16.6. The van der Waals surface area contributed by atoms with Gasteiger partial charge in [-0.2, -0.15) is 5.10 Å². The summed E-state index contributed by atoms with van der Waals surface area (Å²) in [6.45, 7) is 6.06. The van der Waals surface area contributed by atoms with Crippen molar-refractivity contribution in [3.05, 3.63) is 64.1 Å². The van der Waals surface area contributed by atoms with Gasteiger partial charge in [-0.3, -0.25) is 4.79 Å². The highest BCUT2D eigenvalue weighted by Gasteiger charge is 2.61. The van der Waals surface area contributed by atoms with Crippen LogP contribution in [-0.4, -0.2) is 46.6 Å². The number of aromatic amines is 1. The molecule has 8 heteroatoms. The lowest BCUT2D eigenvalue weighted by Gasteiger charge is -2.20. The minimum atomic E-state index is -0.602. The molecule has 2 fully saturated rings. The number of H-pyrrole nitrogens is 1. The maximum Gasteiger partial charge on any atom is 0.359 e. The van der Waals surface area contributed by atoms with Gasteiger partial charge in [0.1, 0.15) is 18.8 Å². The van der Waals surface area contributed by atoms with Crippen LogP contribution in [0.3, 0.4) is 0 Å². The number of carbonyl (C=O) groups excluding carboxylic acids is 2. The van der Waals surface area contributed by atoms with Crippen LogP contribution in [0.25, 0.3) is 10.8 Å². The second-order valence-corrected chi connectivity index (χ2v) is 8.82. The van der Waals surface area contributed by atoms with Gasteiger partial charge in [-0.15, -0.1) is 0 Å². The Bertz CT molecular complexity index is 1210. The first-order valence-electron chi connectivity index (χ1n) is 10.8. The molecule has 1 N–H and O–H groups in total. The number of hydrogen-bond acceptors (Lipinski definition) is 7. The standard InChI is InChI=1S/C24H24N2O6/c1-13-15-10-9-14(6-5-11-24(2)20(32-24)19(15)31-22(13)28)12-30-23(29)18-16-7-3-4-8-17(16)21(27)26-25-18/h3-4,6-8,15,19-20H,1,5,9-12H2,2H3,(H,26,27)/b14-6+/t15-,19-,20-,24+/m0/s1. The number of esters is 2. The van der Waals surface area contributed by atoms with E-state index in [1.807, 2.05) is 6.92 Å². The van der Waals surface area contributed by atoms with E-state index < -0.39 is 5.97 Å². The molecule has 2 saturated heterocycles. The molecule has 0 bridgehead atoms. The van der Waals surface area contributed by atoms with Gasteiger partial charge >= 0.3 is 11.9 Å². The first-order chi connectivity index (χ1) is 15.4. The summed E-state index contributed by atoms with van der Waals surface area (Å²) < 4.78 is 17.0. The van der Waals surface area contributed by atoms with Gasteiger partial charge in [0, 0.05) is 16.9 Å². The minimum absolute atomic E-state index is 0.0747. The van der Waals surface area contributed by atoms with Crippen LogP contribution in [0.15, 0.2) is 52.9 Å². The Morgan fingerprint density at radius 2 is 2.09 bits per heavy atom. The number of fused-ring (bicyclic) bond motifs is 4. The zero-order valence-corrected chi connectivity index (χ0v) is 17.8. The van der Waals surface area contributed by atoms with Gasteiger partial charge in [-0.25, -0.2) is 14.7 Å². The van der Waals surface area contributed by atoms with Gasteiger partial charge in [-0.05, 0) is 44.2 Å². The molecule has 0 unspecified atom stereocenters. The van der Waals surface area contributed by atoms with Crippen LogP contribution in [0.5, 0.6) is 0 Å². The maximum absolute atomic E-state index is 12.7. The topological polar surface area (TPSA) is 111 Å². The van der Waals surface area contributed by atoms with E-state index in [-0.39, 0.29) is 47.6 Å². The van der Waals surface area contributed by atoms with Gasteiger partial charge in [-0.1, -0.05) is 30.9 Å². The van der Waals surface area contributed by atoms with Crippen molar-refractivity contribution in [2.75, 3.05) is 6.61 Å². The van der Waals surface area contributed by atoms with Crippen molar-refractivity contribution in [3.8, 4) is 0 Å². The average molecular weight is 436 g/mol. The van der Waals surface area contributed by atoms with E-state index in [1.54, 1.807) is 24.3 Å². The fourth-order valence-corrected chi connectivity index (χ4v) is 4.75. The molecular weight excluding hydrogens is 412 g/mol. The number of benzene rings is 1. The van der Waals surface area contributed by atoms with E-state index in [0.717, 1.165) is 18.4 Å². The van der Waals surface area contributed by atoms with Gasteiger partial charge in [0.15, 0.2) is 5.69 Å². The Labute approximate surface area is 184 Å². The fourth-order valence-electron chi connectivity index (χ4n) is 4.75. The maximum atomic E-state index is 12.7. The van der Waals surface area contributed by atoms with Crippen LogP contribution >= 0.6 is 0 Å². The van der Waals surface area contributed by atoms with Crippen molar-refractivity contribution in [3.63, 3.8) is 0 Å². The summed E-state index contributed by atoms with van der Waals surface area (Å²) in [4.78, 5) is 36.8. The zero-order chi connectivity index (χ0) is 22.5. The third-order valence-corrected chi connectivity index (χ3v) is 6.72. The normalized spacial score (nSPS) is 31.2. The molecule has 3 heterocycles. The van der Waals surface area contributed by atoms with Gasteiger partial charge in [0.05, 0.1) is 11.0 Å². The average Bonchev–Trinajstić information content (AvgIpc) is 3.38. The number of carbonyl (C=O) groups is 2. The summed E-state index contributed by atoms with van der Waals surface area (Å²) >= 11 is 0.